The molecule has 1 saturated heterocycles. The summed E-state index contributed by atoms with van der Waals surface area (Å²) in [6.45, 7) is 9.37. The fraction of sp³-hybridized carbons (Fsp3) is 1.00. The van der Waals surface area contributed by atoms with Crippen molar-refractivity contribution in [2.24, 2.45) is 11.3 Å². The molecule has 19 heavy (non-hydrogen) atoms. The number of nitrogens with one attached hydrogen (secondary N) is 1. The first-order valence-electron chi connectivity index (χ1n) is 8.21. The highest BCUT2D eigenvalue weighted by Crippen LogP contribution is 2.45. The Labute approximate surface area is 118 Å². The summed E-state index contributed by atoms with van der Waals surface area (Å²) < 4.78 is 0. The van der Waals surface area contributed by atoms with Gasteiger partial charge in [-0.25, -0.2) is 0 Å². The quantitative estimate of drug-likeness (QED) is 0.775. The van der Waals surface area contributed by atoms with Gasteiger partial charge in [-0.2, -0.15) is 0 Å². The second-order valence-corrected chi connectivity index (χ2v) is 7.21. The van der Waals surface area contributed by atoms with E-state index in [1.54, 1.807) is 0 Å². The standard InChI is InChI=1S/C16H32N2O/c1-14(2)11-17-12-15(19)13-18-9-7-16(8-10-18)5-3-4-6-16/h14-15,17,19H,3-13H2,1-2H3. The molecule has 112 valence electrons. The number of piperidine rings is 1. The number of aliphatic hydroxyl groups is 1. The molecular formula is C16H32N2O. The lowest BCUT2D eigenvalue weighted by Gasteiger charge is -2.40. The van der Waals surface area contributed by atoms with Gasteiger partial charge >= 0.3 is 0 Å². The Balaban J connectivity index is 1.62. The largest absolute Gasteiger partial charge is 0.390 e. The van der Waals surface area contributed by atoms with Gasteiger partial charge in [0, 0.05) is 13.1 Å². The lowest BCUT2D eigenvalue weighted by molar-refractivity contribution is 0.0596. The van der Waals surface area contributed by atoms with Gasteiger partial charge in [0.25, 0.3) is 0 Å². The van der Waals surface area contributed by atoms with Crippen molar-refractivity contribution in [3.63, 3.8) is 0 Å². The van der Waals surface area contributed by atoms with Gasteiger partial charge in [-0.05, 0) is 56.7 Å². The summed E-state index contributed by atoms with van der Waals surface area (Å²) in [4.78, 5) is 2.46. The zero-order valence-electron chi connectivity index (χ0n) is 12.8. The van der Waals surface area contributed by atoms with Crippen LogP contribution in [0.1, 0.15) is 52.4 Å². The monoisotopic (exact) mass is 268 g/mol. The van der Waals surface area contributed by atoms with E-state index >= 15 is 0 Å². The molecule has 0 amide bonds. The third-order valence-electron chi connectivity index (χ3n) is 4.98. The Morgan fingerprint density at radius 1 is 1.05 bits per heavy atom. The minimum absolute atomic E-state index is 0.212. The summed E-state index contributed by atoms with van der Waals surface area (Å²) in [5.74, 6) is 0.657. The molecule has 0 radical (unpaired) electrons. The van der Waals surface area contributed by atoms with Crippen molar-refractivity contribution in [2.45, 2.75) is 58.5 Å². The molecule has 3 nitrogen and oxygen atoms in total. The van der Waals surface area contributed by atoms with E-state index in [2.05, 4.69) is 24.1 Å². The minimum Gasteiger partial charge on any atom is -0.390 e. The first-order valence-corrected chi connectivity index (χ1v) is 8.21. The molecule has 0 aromatic rings. The molecule has 0 aromatic carbocycles. The molecule has 2 rings (SSSR count). The van der Waals surface area contributed by atoms with E-state index < -0.39 is 0 Å². The fourth-order valence-corrected chi connectivity index (χ4v) is 3.74. The maximum atomic E-state index is 10.1. The molecule has 2 N–H and O–H groups in total. The molecular weight excluding hydrogens is 236 g/mol. The van der Waals surface area contributed by atoms with Gasteiger partial charge in [0.05, 0.1) is 6.10 Å². The summed E-state index contributed by atoms with van der Waals surface area (Å²) in [6.07, 6.45) is 8.32. The van der Waals surface area contributed by atoms with E-state index in [1.807, 2.05) is 0 Å². The third-order valence-corrected chi connectivity index (χ3v) is 4.98. The number of likely N-dealkylation sites (tertiary alicyclic amines) is 1. The highest BCUT2D eigenvalue weighted by molar-refractivity contribution is 4.90. The molecule has 1 aliphatic heterocycles. The van der Waals surface area contributed by atoms with Gasteiger partial charge in [0.1, 0.15) is 0 Å². The van der Waals surface area contributed by atoms with E-state index in [-0.39, 0.29) is 6.10 Å². The van der Waals surface area contributed by atoms with E-state index in [0.717, 1.165) is 19.6 Å². The Morgan fingerprint density at radius 2 is 1.68 bits per heavy atom. The lowest BCUT2D eigenvalue weighted by Crippen LogP contribution is -2.44. The zero-order chi connectivity index (χ0) is 13.7. The maximum Gasteiger partial charge on any atom is 0.0791 e. The van der Waals surface area contributed by atoms with Crippen molar-refractivity contribution in [3.05, 3.63) is 0 Å². The van der Waals surface area contributed by atoms with Gasteiger partial charge in [-0.1, -0.05) is 26.7 Å². The number of aliphatic hydroxyl groups excluding tert-OH is 1. The van der Waals surface area contributed by atoms with Crippen molar-refractivity contribution in [1.82, 2.24) is 10.2 Å². The van der Waals surface area contributed by atoms with Crippen molar-refractivity contribution >= 4 is 0 Å². The van der Waals surface area contributed by atoms with Gasteiger partial charge in [0.2, 0.25) is 0 Å². The van der Waals surface area contributed by atoms with Crippen molar-refractivity contribution in [3.8, 4) is 0 Å². The average Bonchev–Trinajstić information content (AvgIpc) is 2.81. The van der Waals surface area contributed by atoms with Crippen LogP contribution in [0.2, 0.25) is 0 Å². The van der Waals surface area contributed by atoms with Gasteiger partial charge in [-0.15, -0.1) is 0 Å². The van der Waals surface area contributed by atoms with Crippen molar-refractivity contribution < 1.29 is 5.11 Å². The van der Waals surface area contributed by atoms with Crippen molar-refractivity contribution in [2.75, 3.05) is 32.7 Å². The maximum absolute atomic E-state index is 10.1. The molecule has 2 aliphatic rings. The molecule has 1 unspecified atom stereocenters. The minimum atomic E-state index is -0.212. The Morgan fingerprint density at radius 3 is 2.26 bits per heavy atom. The molecule has 0 bridgehead atoms. The van der Waals surface area contributed by atoms with E-state index in [0.29, 0.717) is 11.3 Å². The summed E-state index contributed by atoms with van der Waals surface area (Å²) in [7, 11) is 0. The number of hydrogen-bond acceptors (Lipinski definition) is 3. The van der Waals surface area contributed by atoms with Crippen LogP contribution in [0.3, 0.4) is 0 Å². The SMILES string of the molecule is CC(C)CNCC(O)CN1CCC2(CCCC2)CC1. The molecule has 0 aromatic heterocycles. The Kier molecular flexibility index (Phi) is 5.67. The second kappa shape index (κ2) is 7.05. The van der Waals surface area contributed by atoms with E-state index in [4.69, 9.17) is 0 Å². The van der Waals surface area contributed by atoms with Crippen LogP contribution < -0.4 is 5.32 Å². The van der Waals surface area contributed by atoms with Crippen LogP contribution in [0.4, 0.5) is 0 Å². The lowest BCUT2D eigenvalue weighted by atomic mass is 9.77. The molecule has 1 aliphatic carbocycles. The molecule has 1 atom stereocenters. The Hall–Kier alpha value is -0.120. The first kappa shape index (κ1) is 15.3. The summed E-state index contributed by atoms with van der Waals surface area (Å²) >= 11 is 0. The average molecular weight is 268 g/mol. The zero-order valence-corrected chi connectivity index (χ0v) is 12.8. The molecule has 1 heterocycles. The molecule has 1 spiro atoms. The highest BCUT2D eigenvalue weighted by Gasteiger charge is 2.36. The smallest absolute Gasteiger partial charge is 0.0791 e. The number of β-amino-alcohol motifs (C(OH)–C–C–N with tert-alkyl or cyclic N) is 1. The summed E-state index contributed by atoms with van der Waals surface area (Å²) in [6, 6.07) is 0. The van der Waals surface area contributed by atoms with Crippen molar-refractivity contribution in [1.29, 1.82) is 0 Å². The normalized spacial score (nSPS) is 25.3. The fourth-order valence-electron chi connectivity index (χ4n) is 3.74. The van der Waals surface area contributed by atoms with E-state index in [1.165, 1.54) is 51.6 Å². The third kappa shape index (κ3) is 4.73. The molecule has 2 fully saturated rings. The van der Waals surface area contributed by atoms with Crippen LogP contribution in [0.15, 0.2) is 0 Å². The van der Waals surface area contributed by atoms with E-state index in [9.17, 15) is 5.11 Å². The van der Waals surface area contributed by atoms with Crippen LogP contribution in [-0.4, -0.2) is 48.8 Å². The first-order chi connectivity index (χ1) is 9.10. The van der Waals surface area contributed by atoms with Crippen LogP contribution in [0.5, 0.6) is 0 Å². The predicted octanol–water partition coefficient (Wildman–Crippen LogP) is 2.25. The number of rotatable bonds is 6. The highest BCUT2D eigenvalue weighted by atomic mass is 16.3. The van der Waals surface area contributed by atoms with Crippen LogP contribution in [0.25, 0.3) is 0 Å². The van der Waals surface area contributed by atoms with Gasteiger partial charge in [0.15, 0.2) is 0 Å². The van der Waals surface area contributed by atoms with Crippen LogP contribution in [-0.2, 0) is 0 Å². The van der Waals surface area contributed by atoms with Gasteiger partial charge < -0.3 is 15.3 Å². The topological polar surface area (TPSA) is 35.5 Å². The van der Waals surface area contributed by atoms with Crippen LogP contribution in [0, 0.1) is 11.3 Å². The second-order valence-electron chi connectivity index (χ2n) is 7.21. The number of hydrogen-bond donors (Lipinski definition) is 2. The summed E-state index contributed by atoms with van der Waals surface area (Å²) in [5, 5.41) is 13.4. The predicted molar refractivity (Wildman–Crippen MR) is 80.3 cm³/mol. The summed E-state index contributed by atoms with van der Waals surface area (Å²) in [5.41, 5.74) is 0.692. The number of nitrogens with zero attached hydrogens (tertiary/aromatic N) is 1. The van der Waals surface area contributed by atoms with Gasteiger partial charge in [-0.3, -0.25) is 0 Å². The molecule has 1 saturated carbocycles. The van der Waals surface area contributed by atoms with Crippen LogP contribution >= 0.6 is 0 Å². The molecule has 3 heteroatoms. The Bertz CT molecular complexity index is 251.